The van der Waals surface area contributed by atoms with Crippen LogP contribution in [-0.4, -0.2) is 34.8 Å². The molecule has 1 saturated heterocycles. The second kappa shape index (κ2) is 9.78. The van der Waals surface area contributed by atoms with E-state index in [1.807, 2.05) is 61.5 Å². The molecule has 0 radical (unpaired) electrons. The minimum atomic E-state index is -0.217. The predicted octanol–water partition coefficient (Wildman–Crippen LogP) is 3.53. The Bertz CT molecular complexity index is 1080. The average molecular weight is 433 g/mol. The van der Waals surface area contributed by atoms with Gasteiger partial charge in [0.15, 0.2) is 0 Å². The zero-order valence-electron chi connectivity index (χ0n) is 18.2. The van der Waals surface area contributed by atoms with E-state index in [9.17, 15) is 9.59 Å². The van der Waals surface area contributed by atoms with E-state index in [-0.39, 0.29) is 24.2 Å². The van der Waals surface area contributed by atoms with Crippen LogP contribution in [0.1, 0.15) is 29.9 Å². The summed E-state index contributed by atoms with van der Waals surface area (Å²) in [6.45, 7) is 4.25. The lowest BCUT2D eigenvalue weighted by atomic mass is 9.97. The molecule has 2 amide bonds. The molecule has 1 atom stereocenters. The molecule has 4 rings (SSSR count). The summed E-state index contributed by atoms with van der Waals surface area (Å²) in [6, 6.07) is 17.4. The van der Waals surface area contributed by atoms with Gasteiger partial charge in [0.25, 0.3) is 0 Å². The largest absolute Gasteiger partial charge is 0.441 e. The lowest BCUT2D eigenvalue weighted by Crippen LogP contribution is -2.40. The van der Waals surface area contributed by atoms with Crippen molar-refractivity contribution in [2.45, 2.75) is 32.7 Å². The maximum Gasteiger partial charge on any atom is 0.230 e. The molecular weight excluding hydrogens is 404 g/mol. The van der Waals surface area contributed by atoms with Crippen LogP contribution in [0.4, 0.5) is 5.69 Å². The van der Waals surface area contributed by atoms with Gasteiger partial charge in [0.2, 0.25) is 17.7 Å². The number of amides is 2. The molecule has 0 aliphatic carbocycles. The third-order valence-electron chi connectivity index (χ3n) is 5.79. The number of piperidine rings is 1. The lowest BCUT2D eigenvalue weighted by molar-refractivity contribution is -0.123. The van der Waals surface area contributed by atoms with Crippen LogP contribution < -0.4 is 11.1 Å². The first-order valence-electron chi connectivity index (χ1n) is 10.9. The minimum absolute atomic E-state index is 0.0651. The van der Waals surface area contributed by atoms with Gasteiger partial charge in [-0.15, -0.1) is 0 Å². The van der Waals surface area contributed by atoms with E-state index >= 15 is 0 Å². The summed E-state index contributed by atoms with van der Waals surface area (Å²) in [6.07, 6.45) is 2.00. The van der Waals surface area contributed by atoms with Crippen molar-refractivity contribution in [3.8, 4) is 11.5 Å². The van der Waals surface area contributed by atoms with Crippen LogP contribution in [0.3, 0.4) is 0 Å². The first-order chi connectivity index (χ1) is 15.5. The Hall–Kier alpha value is -3.45. The molecule has 0 spiro atoms. The van der Waals surface area contributed by atoms with Crippen molar-refractivity contribution in [1.82, 2.24) is 9.88 Å². The van der Waals surface area contributed by atoms with Crippen LogP contribution in [-0.2, 0) is 22.6 Å². The number of likely N-dealkylation sites (tertiary alicyclic amines) is 1. The molecule has 1 aliphatic rings. The zero-order chi connectivity index (χ0) is 22.5. The number of benzene rings is 2. The molecule has 0 saturated carbocycles. The number of nitrogens with one attached hydrogen (secondary N) is 1. The lowest BCUT2D eigenvalue weighted by Gasteiger charge is -2.31. The van der Waals surface area contributed by atoms with E-state index in [0.717, 1.165) is 42.7 Å². The first-order valence-corrected chi connectivity index (χ1v) is 10.9. The Labute approximate surface area is 187 Å². The molecule has 7 nitrogen and oxygen atoms in total. The number of hydrogen-bond donors (Lipinski definition) is 2. The van der Waals surface area contributed by atoms with Crippen LogP contribution in [0.5, 0.6) is 0 Å². The number of oxazole rings is 1. The number of rotatable bonds is 7. The van der Waals surface area contributed by atoms with Gasteiger partial charge < -0.3 is 15.5 Å². The second-order valence-corrected chi connectivity index (χ2v) is 8.29. The zero-order valence-corrected chi connectivity index (χ0v) is 18.2. The molecule has 3 aromatic rings. The van der Waals surface area contributed by atoms with E-state index in [4.69, 9.17) is 10.2 Å². The van der Waals surface area contributed by atoms with Gasteiger partial charge in [-0.05, 0) is 56.1 Å². The maximum absolute atomic E-state index is 12.5. The Morgan fingerprint density at radius 1 is 1.16 bits per heavy atom. The molecule has 166 valence electrons. The quantitative estimate of drug-likeness (QED) is 0.595. The van der Waals surface area contributed by atoms with Gasteiger partial charge in [-0.25, -0.2) is 4.98 Å². The minimum Gasteiger partial charge on any atom is -0.441 e. The van der Waals surface area contributed by atoms with Crippen molar-refractivity contribution >= 4 is 17.5 Å². The van der Waals surface area contributed by atoms with E-state index in [1.54, 1.807) is 0 Å². The smallest absolute Gasteiger partial charge is 0.230 e. The first kappa shape index (κ1) is 21.8. The summed E-state index contributed by atoms with van der Waals surface area (Å²) in [7, 11) is 0. The van der Waals surface area contributed by atoms with Gasteiger partial charge in [-0.2, -0.15) is 0 Å². The monoisotopic (exact) mass is 432 g/mol. The number of anilines is 1. The Morgan fingerprint density at radius 2 is 1.91 bits per heavy atom. The molecule has 3 N–H and O–H groups in total. The van der Waals surface area contributed by atoms with Crippen molar-refractivity contribution in [3.63, 3.8) is 0 Å². The summed E-state index contributed by atoms with van der Waals surface area (Å²) in [5.41, 5.74) is 8.85. The molecule has 1 aliphatic heterocycles. The summed E-state index contributed by atoms with van der Waals surface area (Å²) in [4.78, 5) is 30.8. The predicted molar refractivity (Wildman–Crippen MR) is 123 cm³/mol. The van der Waals surface area contributed by atoms with Crippen molar-refractivity contribution in [2.24, 2.45) is 11.7 Å². The molecule has 1 unspecified atom stereocenters. The van der Waals surface area contributed by atoms with Gasteiger partial charge in [0, 0.05) is 24.3 Å². The van der Waals surface area contributed by atoms with Crippen molar-refractivity contribution < 1.29 is 14.0 Å². The highest BCUT2D eigenvalue weighted by molar-refractivity contribution is 5.92. The van der Waals surface area contributed by atoms with E-state index in [0.29, 0.717) is 23.9 Å². The fraction of sp³-hybridized carbons (Fsp3) is 0.320. The van der Waals surface area contributed by atoms with Crippen LogP contribution in [0.25, 0.3) is 11.5 Å². The van der Waals surface area contributed by atoms with Gasteiger partial charge in [0.05, 0.1) is 18.0 Å². The van der Waals surface area contributed by atoms with Crippen LogP contribution in [0.2, 0.25) is 0 Å². The number of hydrogen-bond acceptors (Lipinski definition) is 5. The van der Waals surface area contributed by atoms with E-state index < -0.39 is 0 Å². The summed E-state index contributed by atoms with van der Waals surface area (Å²) < 4.78 is 5.74. The molecular formula is C25H28N4O3. The average Bonchev–Trinajstić information content (AvgIpc) is 3.16. The number of aromatic nitrogens is 1. The van der Waals surface area contributed by atoms with E-state index in [2.05, 4.69) is 15.2 Å². The van der Waals surface area contributed by atoms with Crippen LogP contribution in [0, 0.1) is 12.8 Å². The van der Waals surface area contributed by atoms with Crippen LogP contribution >= 0.6 is 0 Å². The SMILES string of the molecule is Cc1oc(-c2ccccc2)nc1CC(=O)Nc1ccc(CN2CCCC(C(N)=O)C2)cc1. The number of carbonyl (C=O) groups is 2. The Balaban J connectivity index is 1.32. The molecule has 1 aromatic heterocycles. The molecule has 0 bridgehead atoms. The third-order valence-corrected chi connectivity index (χ3v) is 5.79. The van der Waals surface area contributed by atoms with Gasteiger partial charge >= 0.3 is 0 Å². The fourth-order valence-electron chi connectivity index (χ4n) is 4.04. The number of nitrogens with zero attached hydrogens (tertiary/aromatic N) is 2. The van der Waals surface area contributed by atoms with Crippen LogP contribution in [0.15, 0.2) is 59.0 Å². The topological polar surface area (TPSA) is 101 Å². The molecule has 32 heavy (non-hydrogen) atoms. The Morgan fingerprint density at radius 3 is 2.62 bits per heavy atom. The standard InChI is InChI=1S/C25H28N4O3/c1-17-22(28-25(32-17)19-6-3-2-4-7-19)14-23(30)27-21-11-9-18(10-12-21)15-29-13-5-8-20(16-29)24(26)31/h2-4,6-7,9-12,20H,5,8,13-16H2,1H3,(H2,26,31)(H,27,30). The summed E-state index contributed by atoms with van der Waals surface area (Å²) in [5, 5.41) is 2.92. The number of primary amides is 1. The van der Waals surface area contributed by atoms with E-state index in [1.165, 1.54) is 0 Å². The van der Waals surface area contributed by atoms with Gasteiger partial charge in [0.1, 0.15) is 5.76 Å². The number of nitrogens with two attached hydrogens (primary N) is 1. The molecule has 2 heterocycles. The van der Waals surface area contributed by atoms with Gasteiger partial charge in [-0.3, -0.25) is 14.5 Å². The highest BCUT2D eigenvalue weighted by atomic mass is 16.4. The number of carbonyl (C=O) groups excluding carboxylic acids is 2. The van der Waals surface area contributed by atoms with Gasteiger partial charge in [-0.1, -0.05) is 30.3 Å². The van der Waals surface area contributed by atoms with Crippen molar-refractivity contribution in [1.29, 1.82) is 0 Å². The normalized spacial score (nSPS) is 16.6. The summed E-state index contributed by atoms with van der Waals surface area (Å²) in [5.74, 6) is 0.737. The second-order valence-electron chi connectivity index (χ2n) is 8.29. The van der Waals surface area contributed by atoms with Crippen molar-refractivity contribution in [2.75, 3.05) is 18.4 Å². The highest BCUT2D eigenvalue weighted by Gasteiger charge is 2.23. The third kappa shape index (κ3) is 5.42. The molecule has 2 aromatic carbocycles. The number of aryl methyl sites for hydroxylation is 1. The fourth-order valence-corrected chi connectivity index (χ4v) is 4.04. The summed E-state index contributed by atoms with van der Waals surface area (Å²) >= 11 is 0. The molecule has 1 fully saturated rings. The highest BCUT2D eigenvalue weighted by Crippen LogP contribution is 2.22. The Kier molecular flexibility index (Phi) is 6.66. The van der Waals surface area contributed by atoms with Crippen molar-refractivity contribution in [3.05, 3.63) is 71.6 Å². The maximum atomic E-state index is 12.5. The molecule has 7 heteroatoms.